The van der Waals surface area contributed by atoms with E-state index in [1.165, 1.54) is 12.0 Å². The number of nitrogens with one attached hydrogen (secondary N) is 1. The van der Waals surface area contributed by atoms with Gasteiger partial charge in [0, 0.05) is 6.04 Å². The molecule has 0 aromatic heterocycles. The van der Waals surface area contributed by atoms with Crippen molar-refractivity contribution < 1.29 is 9.90 Å². The number of carbonyl (C=O) groups is 1. The second kappa shape index (κ2) is 4.26. The van der Waals surface area contributed by atoms with Crippen LogP contribution in [0.15, 0.2) is 12.1 Å². The smallest absolute Gasteiger partial charge is 0.335 e. The molecule has 1 atom stereocenters. The highest BCUT2D eigenvalue weighted by Gasteiger charge is 2.20. The summed E-state index contributed by atoms with van der Waals surface area (Å²) in [6, 6.07) is 4.13. The predicted molar refractivity (Wildman–Crippen MR) is 62.9 cm³/mol. The Balaban J connectivity index is 2.44. The molecule has 86 valence electrons. The quantitative estimate of drug-likeness (QED) is 0.803. The van der Waals surface area contributed by atoms with Gasteiger partial charge in [0.25, 0.3) is 0 Å². The van der Waals surface area contributed by atoms with E-state index >= 15 is 0 Å². The Hall–Kier alpha value is -1.35. The standard InChI is InChI=1S/C13H17NO2/c1-8-6-9(2)11(13(15)16)7-10(8)12-4-3-5-14-12/h6-7,12,14H,3-5H2,1-2H3,(H,15,16). The van der Waals surface area contributed by atoms with Crippen LogP contribution >= 0.6 is 0 Å². The number of aryl methyl sites for hydroxylation is 2. The molecule has 1 fully saturated rings. The summed E-state index contributed by atoms with van der Waals surface area (Å²) in [5, 5.41) is 12.5. The largest absolute Gasteiger partial charge is 0.478 e. The molecular formula is C13H17NO2. The van der Waals surface area contributed by atoms with E-state index in [2.05, 4.69) is 5.32 Å². The molecule has 1 unspecified atom stereocenters. The van der Waals surface area contributed by atoms with Gasteiger partial charge < -0.3 is 10.4 Å². The van der Waals surface area contributed by atoms with E-state index < -0.39 is 5.97 Å². The minimum atomic E-state index is -0.836. The van der Waals surface area contributed by atoms with Gasteiger partial charge in [0.15, 0.2) is 0 Å². The molecule has 1 aliphatic heterocycles. The van der Waals surface area contributed by atoms with E-state index in [9.17, 15) is 4.79 Å². The first kappa shape index (κ1) is 11.1. The van der Waals surface area contributed by atoms with Gasteiger partial charge >= 0.3 is 5.97 Å². The summed E-state index contributed by atoms with van der Waals surface area (Å²) in [4.78, 5) is 11.1. The van der Waals surface area contributed by atoms with Crippen LogP contribution in [0.3, 0.4) is 0 Å². The first-order valence-electron chi connectivity index (χ1n) is 5.67. The molecular weight excluding hydrogens is 202 g/mol. The van der Waals surface area contributed by atoms with Crippen LogP contribution in [0.2, 0.25) is 0 Å². The third kappa shape index (κ3) is 1.95. The average molecular weight is 219 g/mol. The van der Waals surface area contributed by atoms with E-state index in [0.717, 1.165) is 24.1 Å². The molecule has 2 rings (SSSR count). The molecule has 0 aliphatic carbocycles. The normalized spacial score (nSPS) is 20.0. The molecule has 1 aromatic rings. The molecule has 0 saturated carbocycles. The Labute approximate surface area is 95.5 Å². The molecule has 16 heavy (non-hydrogen) atoms. The molecule has 1 heterocycles. The van der Waals surface area contributed by atoms with Crippen LogP contribution in [0.25, 0.3) is 0 Å². The van der Waals surface area contributed by atoms with Gasteiger partial charge in [0.05, 0.1) is 5.56 Å². The van der Waals surface area contributed by atoms with Crippen LogP contribution in [-0.4, -0.2) is 17.6 Å². The van der Waals surface area contributed by atoms with Gasteiger partial charge in [-0.3, -0.25) is 0 Å². The summed E-state index contributed by atoms with van der Waals surface area (Å²) in [5.41, 5.74) is 3.59. The number of aromatic carboxylic acids is 1. The van der Waals surface area contributed by atoms with Crippen molar-refractivity contribution in [3.05, 3.63) is 34.4 Å². The van der Waals surface area contributed by atoms with Gasteiger partial charge in [-0.2, -0.15) is 0 Å². The zero-order chi connectivity index (χ0) is 11.7. The van der Waals surface area contributed by atoms with Crippen LogP contribution in [0.5, 0.6) is 0 Å². The maximum absolute atomic E-state index is 11.1. The molecule has 0 spiro atoms. The van der Waals surface area contributed by atoms with E-state index in [1.807, 2.05) is 26.0 Å². The summed E-state index contributed by atoms with van der Waals surface area (Å²) < 4.78 is 0. The monoisotopic (exact) mass is 219 g/mol. The van der Waals surface area contributed by atoms with E-state index in [1.54, 1.807) is 0 Å². The van der Waals surface area contributed by atoms with Crippen molar-refractivity contribution in [3.8, 4) is 0 Å². The van der Waals surface area contributed by atoms with Crippen molar-refractivity contribution in [3.63, 3.8) is 0 Å². The lowest BCUT2D eigenvalue weighted by Crippen LogP contribution is -2.15. The lowest BCUT2D eigenvalue weighted by atomic mass is 9.94. The van der Waals surface area contributed by atoms with Crippen molar-refractivity contribution in [1.29, 1.82) is 0 Å². The fraction of sp³-hybridized carbons (Fsp3) is 0.462. The number of carboxylic acids is 1. The average Bonchev–Trinajstić information content (AvgIpc) is 2.70. The van der Waals surface area contributed by atoms with Crippen LogP contribution in [0, 0.1) is 13.8 Å². The van der Waals surface area contributed by atoms with Crippen molar-refractivity contribution in [2.24, 2.45) is 0 Å². The summed E-state index contributed by atoms with van der Waals surface area (Å²) in [7, 11) is 0. The molecule has 1 saturated heterocycles. The lowest BCUT2D eigenvalue weighted by molar-refractivity contribution is 0.0696. The molecule has 1 aromatic carbocycles. The SMILES string of the molecule is Cc1cc(C)c(C2CCCN2)cc1C(=O)O. The van der Waals surface area contributed by atoms with Crippen molar-refractivity contribution in [2.45, 2.75) is 32.7 Å². The van der Waals surface area contributed by atoms with Gasteiger partial charge in [-0.15, -0.1) is 0 Å². The molecule has 0 amide bonds. The van der Waals surface area contributed by atoms with Crippen molar-refractivity contribution in [1.82, 2.24) is 5.32 Å². The van der Waals surface area contributed by atoms with Gasteiger partial charge in [0.1, 0.15) is 0 Å². The second-order valence-electron chi connectivity index (χ2n) is 4.48. The summed E-state index contributed by atoms with van der Waals surface area (Å²) in [6.07, 6.45) is 2.27. The summed E-state index contributed by atoms with van der Waals surface area (Å²) in [5.74, 6) is -0.836. The Morgan fingerprint density at radius 1 is 1.38 bits per heavy atom. The highest BCUT2D eigenvalue weighted by Crippen LogP contribution is 2.28. The highest BCUT2D eigenvalue weighted by atomic mass is 16.4. The van der Waals surface area contributed by atoms with Gasteiger partial charge in [-0.1, -0.05) is 6.07 Å². The van der Waals surface area contributed by atoms with Gasteiger partial charge in [-0.05, 0) is 56.0 Å². The first-order valence-corrected chi connectivity index (χ1v) is 5.67. The molecule has 2 N–H and O–H groups in total. The highest BCUT2D eigenvalue weighted by molar-refractivity contribution is 5.89. The molecule has 0 bridgehead atoms. The van der Waals surface area contributed by atoms with Crippen molar-refractivity contribution >= 4 is 5.97 Å². The third-order valence-electron chi connectivity index (χ3n) is 3.28. The maximum Gasteiger partial charge on any atom is 0.335 e. The number of benzene rings is 1. The van der Waals surface area contributed by atoms with Crippen molar-refractivity contribution in [2.75, 3.05) is 6.54 Å². The van der Waals surface area contributed by atoms with E-state index in [-0.39, 0.29) is 0 Å². The van der Waals surface area contributed by atoms with Crippen LogP contribution in [0.4, 0.5) is 0 Å². The predicted octanol–water partition coefficient (Wildman–Crippen LogP) is 2.43. The summed E-state index contributed by atoms with van der Waals surface area (Å²) in [6.45, 7) is 4.93. The number of carboxylic acid groups (broad SMARTS) is 1. The minimum absolute atomic E-state index is 0.332. The molecule has 3 nitrogen and oxygen atoms in total. The van der Waals surface area contributed by atoms with Crippen LogP contribution in [-0.2, 0) is 0 Å². The fourth-order valence-electron chi connectivity index (χ4n) is 2.42. The minimum Gasteiger partial charge on any atom is -0.478 e. The molecule has 1 aliphatic rings. The Morgan fingerprint density at radius 2 is 2.12 bits per heavy atom. The Kier molecular flexibility index (Phi) is 2.97. The lowest BCUT2D eigenvalue weighted by Gasteiger charge is -2.16. The number of hydrogen-bond acceptors (Lipinski definition) is 2. The van der Waals surface area contributed by atoms with Crippen LogP contribution < -0.4 is 5.32 Å². The third-order valence-corrected chi connectivity index (χ3v) is 3.28. The number of rotatable bonds is 2. The zero-order valence-corrected chi connectivity index (χ0v) is 9.71. The molecule has 0 radical (unpaired) electrons. The Bertz CT molecular complexity index is 420. The fourth-order valence-corrected chi connectivity index (χ4v) is 2.42. The van der Waals surface area contributed by atoms with E-state index in [0.29, 0.717) is 11.6 Å². The Morgan fingerprint density at radius 3 is 2.69 bits per heavy atom. The van der Waals surface area contributed by atoms with Gasteiger partial charge in [-0.25, -0.2) is 4.79 Å². The van der Waals surface area contributed by atoms with Gasteiger partial charge in [0.2, 0.25) is 0 Å². The summed E-state index contributed by atoms with van der Waals surface area (Å²) >= 11 is 0. The number of hydrogen-bond donors (Lipinski definition) is 2. The molecule has 3 heteroatoms. The van der Waals surface area contributed by atoms with E-state index in [4.69, 9.17) is 5.11 Å². The topological polar surface area (TPSA) is 49.3 Å². The van der Waals surface area contributed by atoms with Crippen LogP contribution in [0.1, 0.15) is 45.9 Å². The second-order valence-corrected chi connectivity index (χ2v) is 4.48. The zero-order valence-electron chi connectivity index (χ0n) is 9.71. The maximum atomic E-state index is 11.1. The first-order chi connectivity index (χ1) is 7.59.